The van der Waals surface area contributed by atoms with Crippen LogP contribution in [0, 0.1) is 0 Å². The third kappa shape index (κ3) is 3.22. The van der Waals surface area contributed by atoms with Gasteiger partial charge in [-0.2, -0.15) is 0 Å². The van der Waals surface area contributed by atoms with Gasteiger partial charge in [0.05, 0.1) is 11.7 Å². The number of nitrogens with zero attached hydrogens (tertiary/aromatic N) is 3. The highest BCUT2D eigenvalue weighted by molar-refractivity contribution is 5.88. The molecule has 0 aliphatic rings. The zero-order valence-electron chi connectivity index (χ0n) is 14.0. The van der Waals surface area contributed by atoms with E-state index in [9.17, 15) is 4.79 Å². The number of imidazole rings is 1. The van der Waals surface area contributed by atoms with Crippen LogP contribution in [-0.2, 0) is 11.2 Å². The van der Waals surface area contributed by atoms with Crippen LogP contribution in [0.5, 0.6) is 0 Å². The van der Waals surface area contributed by atoms with Gasteiger partial charge in [0.1, 0.15) is 5.82 Å². The Hall–Kier alpha value is -2.89. The van der Waals surface area contributed by atoms with E-state index in [2.05, 4.69) is 22.4 Å². The summed E-state index contributed by atoms with van der Waals surface area (Å²) < 4.78 is 7.50. The van der Waals surface area contributed by atoms with Crippen LogP contribution in [0.1, 0.15) is 38.3 Å². The van der Waals surface area contributed by atoms with Crippen molar-refractivity contribution in [1.29, 1.82) is 0 Å². The molecule has 0 aliphatic heterocycles. The minimum absolute atomic E-state index is 0.00896. The molecule has 124 valence electrons. The number of carbonyl (C=O) groups excluding carboxylic acids is 1. The van der Waals surface area contributed by atoms with Crippen LogP contribution in [0.15, 0.2) is 47.2 Å². The smallest absolute Gasteiger partial charge is 0.221 e. The van der Waals surface area contributed by atoms with E-state index in [1.807, 2.05) is 48.0 Å². The maximum absolute atomic E-state index is 11.1. The molecule has 1 atom stereocenters. The van der Waals surface area contributed by atoms with E-state index in [1.54, 1.807) is 6.20 Å². The lowest BCUT2D eigenvalue weighted by Crippen LogP contribution is -2.07. The molecule has 3 aromatic rings. The van der Waals surface area contributed by atoms with Crippen LogP contribution in [0.3, 0.4) is 0 Å². The quantitative estimate of drug-likeness (QED) is 0.777. The second-order valence-electron chi connectivity index (χ2n) is 5.67. The maximum Gasteiger partial charge on any atom is 0.221 e. The SMILES string of the molecule is CCc1cc([C@H](C)n2ccnc2-c2ccc(NC(C)=O)cc2)on1. The Bertz CT molecular complexity index is 833. The number of benzene rings is 1. The summed E-state index contributed by atoms with van der Waals surface area (Å²) in [4.78, 5) is 15.6. The second-order valence-corrected chi connectivity index (χ2v) is 5.67. The van der Waals surface area contributed by atoms with Gasteiger partial charge >= 0.3 is 0 Å². The van der Waals surface area contributed by atoms with Gasteiger partial charge in [0.15, 0.2) is 5.76 Å². The van der Waals surface area contributed by atoms with Gasteiger partial charge in [0.25, 0.3) is 0 Å². The van der Waals surface area contributed by atoms with E-state index in [4.69, 9.17) is 4.52 Å². The first kappa shape index (κ1) is 16.0. The summed E-state index contributed by atoms with van der Waals surface area (Å²) in [5.41, 5.74) is 2.68. The number of aryl methyl sites for hydroxylation is 1. The summed E-state index contributed by atoms with van der Waals surface area (Å²) in [6, 6.07) is 9.58. The van der Waals surface area contributed by atoms with Crippen LogP contribution in [0.25, 0.3) is 11.4 Å². The van der Waals surface area contributed by atoms with Crippen molar-refractivity contribution in [2.24, 2.45) is 0 Å². The molecule has 24 heavy (non-hydrogen) atoms. The maximum atomic E-state index is 11.1. The first-order valence-electron chi connectivity index (χ1n) is 7.94. The summed E-state index contributed by atoms with van der Waals surface area (Å²) in [7, 11) is 0. The second kappa shape index (κ2) is 6.70. The van der Waals surface area contributed by atoms with Gasteiger partial charge in [-0.15, -0.1) is 0 Å². The highest BCUT2D eigenvalue weighted by Gasteiger charge is 2.17. The van der Waals surface area contributed by atoms with E-state index >= 15 is 0 Å². The lowest BCUT2D eigenvalue weighted by atomic mass is 10.1. The Morgan fingerprint density at radius 1 is 1.33 bits per heavy atom. The Morgan fingerprint density at radius 3 is 2.71 bits per heavy atom. The van der Waals surface area contributed by atoms with Gasteiger partial charge in [-0.25, -0.2) is 4.98 Å². The lowest BCUT2D eigenvalue weighted by molar-refractivity contribution is -0.114. The van der Waals surface area contributed by atoms with Crippen molar-refractivity contribution in [3.8, 4) is 11.4 Å². The van der Waals surface area contributed by atoms with E-state index < -0.39 is 0 Å². The fourth-order valence-electron chi connectivity index (χ4n) is 2.58. The van der Waals surface area contributed by atoms with Crippen LogP contribution in [-0.4, -0.2) is 20.6 Å². The van der Waals surface area contributed by atoms with Gasteiger partial charge in [0.2, 0.25) is 5.91 Å². The Balaban J connectivity index is 1.88. The minimum atomic E-state index is -0.0880. The predicted molar refractivity (Wildman–Crippen MR) is 91.7 cm³/mol. The number of hydrogen-bond acceptors (Lipinski definition) is 4. The summed E-state index contributed by atoms with van der Waals surface area (Å²) in [5, 5.41) is 6.82. The molecule has 0 unspecified atom stereocenters. The molecule has 0 saturated heterocycles. The third-order valence-electron chi connectivity index (χ3n) is 3.90. The van der Waals surface area contributed by atoms with Gasteiger partial charge in [-0.05, 0) is 37.6 Å². The van der Waals surface area contributed by atoms with Gasteiger partial charge < -0.3 is 14.4 Å². The average molecular weight is 324 g/mol. The fraction of sp³-hybridized carbons (Fsp3) is 0.278. The highest BCUT2D eigenvalue weighted by atomic mass is 16.5. The van der Waals surface area contributed by atoms with Crippen molar-refractivity contribution < 1.29 is 9.32 Å². The zero-order chi connectivity index (χ0) is 17.1. The summed E-state index contributed by atoms with van der Waals surface area (Å²) in [6.07, 6.45) is 4.54. The molecule has 0 aliphatic carbocycles. The van der Waals surface area contributed by atoms with Crippen LogP contribution < -0.4 is 5.32 Å². The van der Waals surface area contributed by atoms with E-state index in [0.717, 1.165) is 35.0 Å². The molecule has 6 nitrogen and oxygen atoms in total. The van der Waals surface area contributed by atoms with Gasteiger partial charge in [-0.1, -0.05) is 12.1 Å². The topological polar surface area (TPSA) is 73.0 Å². The number of anilines is 1. The number of carbonyl (C=O) groups is 1. The number of rotatable bonds is 5. The van der Waals surface area contributed by atoms with Crippen LogP contribution >= 0.6 is 0 Å². The predicted octanol–water partition coefficient (Wildman–Crippen LogP) is 3.67. The molecule has 2 heterocycles. The fourth-order valence-corrected chi connectivity index (χ4v) is 2.58. The molecule has 0 saturated carbocycles. The minimum Gasteiger partial charge on any atom is -0.359 e. The van der Waals surface area contributed by atoms with Crippen molar-refractivity contribution in [2.75, 3.05) is 5.32 Å². The molecular formula is C18H20N4O2. The molecule has 0 fully saturated rings. The van der Waals surface area contributed by atoms with E-state index in [-0.39, 0.29) is 11.9 Å². The molecular weight excluding hydrogens is 304 g/mol. The van der Waals surface area contributed by atoms with Crippen molar-refractivity contribution in [3.63, 3.8) is 0 Å². The molecule has 3 rings (SSSR count). The molecule has 1 amide bonds. The number of aromatic nitrogens is 3. The van der Waals surface area contributed by atoms with Crippen molar-refractivity contribution >= 4 is 11.6 Å². The Labute approximate surface area is 140 Å². The molecule has 1 N–H and O–H groups in total. The standard InChI is InChI=1S/C18H20N4O2/c1-4-15-11-17(24-21-15)12(2)22-10-9-19-18(22)14-5-7-16(8-6-14)20-13(3)23/h5-12H,4H2,1-3H3,(H,20,23)/t12-/m0/s1. The molecule has 2 aromatic heterocycles. The van der Waals surface area contributed by atoms with E-state index in [0.29, 0.717) is 0 Å². The van der Waals surface area contributed by atoms with Crippen LogP contribution in [0.2, 0.25) is 0 Å². The van der Waals surface area contributed by atoms with Crippen LogP contribution in [0.4, 0.5) is 5.69 Å². The highest BCUT2D eigenvalue weighted by Crippen LogP contribution is 2.26. The zero-order valence-corrected chi connectivity index (χ0v) is 14.0. The number of nitrogens with one attached hydrogen (secondary N) is 1. The molecule has 6 heteroatoms. The van der Waals surface area contributed by atoms with Gasteiger partial charge in [-0.3, -0.25) is 4.79 Å². The van der Waals surface area contributed by atoms with Crippen molar-refractivity contribution in [1.82, 2.24) is 14.7 Å². The normalized spacial score (nSPS) is 12.1. The molecule has 1 aromatic carbocycles. The van der Waals surface area contributed by atoms with Gasteiger partial charge in [0, 0.05) is 36.6 Å². The third-order valence-corrected chi connectivity index (χ3v) is 3.90. The average Bonchev–Trinajstić information content (AvgIpc) is 3.24. The monoisotopic (exact) mass is 324 g/mol. The summed E-state index contributed by atoms with van der Waals surface area (Å²) in [6.45, 7) is 5.59. The van der Waals surface area contributed by atoms with Crippen molar-refractivity contribution in [3.05, 3.63) is 54.2 Å². The first-order valence-corrected chi connectivity index (χ1v) is 7.94. The molecule has 0 radical (unpaired) electrons. The lowest BCUT2D eigenvalue weighted by Gasteiger charge is -2.14. The molecule has 0 spiro atoms. The summed E-state index contributed by atoms with van der Waals surface area (Å²) >= 11 is 0. The molecule has 0 bridgehead atoms. The number of amides is 1. The Kier molecular flexibility index (Phi) is 4.46. The Morgan fingerprint density at radius 2 is 2.08 bits per heavy atom. The summed E-state index contributed by atoms with van der Waals surface area (Å²) in [5.74, 6) is 1.56. The first-order chi connectivity index (χ1) is 11.6. The largest absolute Gasteiger partial charge is 0.359 e. The number of hydrogen-bond donors (Lipinski definition) is 1. The van der Waals surface area contributed by atoms with Crippen molar-refractivity contribution in [2.45, 2.75) is 33.2 Å². The van der Waals surface area contributed by atoms with E-state index in [1.165, 1.54) is 6.92 Å².